The van der Waals surface area contributed by atoms with Crippen molar-refractivity contribution in [2.75, 3.05) is 11.1 Å². The van der Waals surface area contributed by atoms with Crippen LogP contribution in [0.4, 0.5) is 11.4 Å². The van der Waals surface area contributed by atoms with Crippen LogP contribution in [-0.4, -0.2) is 25.8 Å². The van der Waals surface area contributed by atoms with Crippen molar-refractivity contribution in [2.45, 2.75) is 43.9 Å². The Labute approximate surface area is 195 Å². The van der Waals surface area contributed by atoms with E-state index in [9.17, 15) is 19.0 Å². The van der Waals surface area contributed by atoms with Crippen LogP contribution in [0.3, 0.4) is 0 Å². The van der Waals surface area contributed by atoms with Crippen molar-refractivity contribution in [3.05, 3.63) is 59.2 Å². The Kier molecular flexibility index (Phi) is 6.36. The number of nitrogen functional groups attached to an aromatic ring is 1. The maximum absolute atomic E-state index is 13.8. The minimum Gasteiger partial charge on any atom is -0.506 e. The summed E-state index contributed by atoms with van der Waals surface area (Å²) in [5, 5.41) is 14.1. The maximum Gasteiger partial charge on any atom is 0.180 e. The summed E-state index contributed by atoms with van der Waals surface area (Å²) < 4.78 is 25.4. The number of hydrogen-bond donors (Lipinski definition) is 5. The van der Waals surface area contributed by atoms with Crippen LogP contribution in [0, 0.1) is 5.92 Å². The molecule has 0 spiro atoms. The highest BCUT2D eigenvalue weighted by molar-refractivity contribution is 8.23. The molecule has 0 saturated heterocycles. The summed E-state index contributed by atoms with van der Waals surface area (Å²) in [6.07, 6.45) is 1.41. The van der Waals surface area contributed by atoms with Gasteiger partial charge in [-0.3, -0.25) is 13.9 Å². The van der Waals surface area contributed by atoms with E-state index in [1.165, 1.54) is 6.07 Å². The number of fused-ring (bicyclic) bond motifs is 2. The van der Waals surface area contributed by atoms with E-state index in [0.29, 0.717) is 29.3 Å². The molecule has 32 heavy (non-hydrogen) atoms. The van der Waals surface area contributed by atoms with Crippen LogP contribution in [0.15, 0.2) is 57.3 Å². The molecule has 0 radical (unpaired) electrons. The number of nitrogens with one attached hydrogen (secondary N) is 1. The van der Waals surface area contributed by atoms with E-state index in [2.05, 4.69) is 23.6 Å². The van der Waals surface area contributed by atoms with Gasteiger partial charge in [-0.25, -0.2) is 0 Å². The molecule has 0 saturated carbocycles. The Balaban J connectivity index is 0.00000289. The highest BCUT2D eigenvalue weighted by Gasteiger charge is 2.46. The van der Waals surface area contributed by atoms with E-state index >= 15 is 0 Å². The fraction of sp³-hybridized carbons (Fsp3) is 0.304. The number of amidine groups is 1. The zero-order chi connectivity index (χ0) is 22.6. The fourth-order valence-corrected chi connectivity index (χ4v) is 5.36. The van der Waals surface area contributed by atoms with Crippen molar-refractivity contribution in [3.63, 3.8) is 0 Å². The van der Waals surface area contributed by atoms with Gasteiger partial charge in [-0.2, -0.15) is 0 Å². The SMILES string of the molecule is CC(C)CC[C@]1(C)C(=O)C(C2=NS(O)(O)c3cc(N)ccc3N2)=C(O)c2ccccc21.Cl. The molecule has 1 aliphatic carbocycles. The number of anilines is 2. The molecule has 1 aliphatic heterocycles. The number of aliphatic hydroxyl groups excluding tert-OH is 1. The molecule has 6 N–H and O–H groups in total. The molecule has 0 unspecified atom stereocenters. The third-order valence-corrected chi connectivity index (χ3v) is 7.34. The van der Waals surface area contributed by atoms with Crippen LogP contribution in [-0.2, 0) is 10.2 Å². The lowest BCUT2D eigenvalue weighted by molar-refractivity contribution is -0.120. The lowest BCUT2D eigenvalue weighted by Crippen LogP contribution is -2.42. The molecule has 0 fully saturated rings. The van der Waals surface area contributed by atoms with E-state index in [-0.39, 0.29) is 40.3 Å². The van der Waals surface area contributed by atoms with E-state index < -0.39 is 16.2 Å². The van der Waals surface area contributed by atoms with Gasteiger partial charge >= 0.3 is 0 Å². The minimum atomic E-state index is -3.60. The van der Waals surface area contributed by atoms with Crippen LogP contribution in [0.1, 0.15) is 44.7 Å². The standard InChI is InChI=1S/C23H27N3O4S.ClH/c1-13(2)10-11-23(3)16-7-5-4-6-15(16)20(27)19(21(23)28)22-25-17-9-8-14(24)12-18(17)31(29,30)26-22;/h4-9,12-13,27,29-30H,10-11,24H2,1-3H3,(H,25,26);1H/t23-;/m0./s1. The van der Waals surface area contributed by atoms with Crippen LogP contribution in [0.2, 0.25) is 0 Å². The first-order chi connectivity index (χ1) is 14.5. The molecule has 0 bridgehead atoms. The van der Waals surface area contributed by atoms with Crippen LogP contribution >= 0.6 is 23.2 Å². The molecule has 9 heteroatoms. The number of benzene rings is 2. The number of hydrogen-bond acceptors (Lipinski definition) is 7. The lowest BCUT2D eigenvalue weighted by Gasteiger charge is -2.39. The van der Waals surface area contributed by atoms with Gasteiger partial charge in [-0.1, -0.05) is 48.9 Å². The van der Waals surface area contributed by atoms with Crippen molar-refractivity contribution in [1.82, 2.24) is 0 Å². The summed E-state index contributed by atoms with van der Waals surface area (Å²) in [6, 6.07) is 11.9. The molecule has 1 heterocycles. The van der Waals surface area contributed by atoms with E-state index in [1.54, 1.807) is 24.3 Å². The van der Waals surface area contributed by atoms with Gasteiger partial charge in [0, 0.05) is 11.3 Å². The van der Waals surface area contributed by atoms with E-state index in [4.69, 9.17) is 5.73 Å². The molecule has 2 aromatic rings. The predicted molar refractivity (Wildman–Crippen MR) is 133 cm³/mol. The summed E-state index contributed by atoms with van der Waals surface area (Å²) in [7, 11) is -3.60. The second-order valence-corrected chi connectivity index (χ2v) is 10.4. The molecule has 2 aliphatic rings. The Bertz CT molecular complexity index is 1150. The smallest absolute Gasteiger partial charge is 0.180 e. The number of carbonyl (C=O) groups excluding carboxylic acids is 1. The molecule has 172 valence electrons. The lowest BCUT2D eigenvalue weighted by atomic mass is 9.66. The van der Waals surface area contributed by atoms with Crippen molar-refractivity contribution in [3.8, 4) is 0 Å². The van der Waals surface area contributed by atoms with E-state index in [0.717, 1.165) is 12.0 Å². The summed E-state index contributed by atoms with van der Waals surface area (Å²) in [5.74, 6) is -0.174. The Morgan fingerprint density at radius 1 is 1.19 bits per heavy atom. The Morgan fingerprint density at radius 2 is 1.88 bits per heavy atom. The first-order valence-electron chi connectivity index (χ1n) is 10.2. The Hall–Kier alpha value is -2.52. The largest absolute Gasteiger partial charge is 0.506 e. The number of aliphatic hydroxyl groups is 1. The molecular formula is C23H28ClN3O4S. The third-order valence-electron chi connectivity index (χ3n) is 5.97. The average Bonchev–Trinajstić information content (AvgIpc) is 2.71. The van der Waals surface area contributed by atoms with Gasteiger partial charge in [-0.05, 0) is 49.4 Å². The second-order valence-electron chi connectivity index (χ2n) is 8.70. The number of carbonyl (C=O) groups is 1. The van der Waals surface area contributed by atoms with Gasteiger partial charge in [0.25, 0.3) is 0 Å². The summed E-state index contributed by atoms with van der Waals surface area (Å²) >= 11 is 0. The van der Waals surface area contributed by atoms with Crippen molar-refractivity contribution < 1.29 is 19.0 Å². The zero-order valence-corrected chi connectivity index (χ0v) is 19.8. The number of ketones is 1. The van der Waals surface area contributed by atoms with Crippen LogP contribution in [0.5, 0.6) is 0 Å². The number of halogens is 1. The molecule has 0 amide bonds. The number of nitrogens with zero attached hydrogens (tertiary/aromatic N) is 1. The molecule has 1 atom stereocenters. The fourth-order valence-electron chi connectivity index (χ4n) is 4.16. The monoisotopic (exact) mass is 477 g/mol. The third kappa shape index (κ3) is 3.88. The van der Waals surface area contributed by atoms with Gasteiger partial charge in [0.1, 0.15) is 16.2 Å². The molecular weight excluding hydrogens is 450 g/mol. The normalized spacial score (nSPS) is 22.3. The van der Waals surface area contributed by atoms with Crippen molar-refractivity contribution in [2.24, 2.45) is 10.3 Å². The average molecular weight is 478 g/mol. The molecule has 2 aromatic carbocycles. The Morgan fingerprint density at radius 3 is 2.56 bits per heavy atom. The predicted octanol–water partition coefficient (Wildman–Crippen LogP) is 5.79. The van der Waals surface area contributed by atoms with Gasteiger partial charge in [0.05, 0.1) is 11.1 Å². The highest BCUT2D eigenvalue weighted by Crippen LogP contribution is 2.56. The van der Waals surface area contributed by atoms with Gasteiger partial charge < -0.3 is 16.2 Å². The first-order valence-corrected chi connectivity index (χ1v) is 11.7. The summed E-state index contributed by atoms with van der Waals surface area (Å²) in [6.45, 7) is 6.07. The number of nitrogens with two attached hydrogens (primary N) is 1. The summed E-state index contributed by atoms with van der Waals surface area (Å²) in [4.78, 5) is 14.0. The van der Waals surface area contributed by atoms with Crippen LogP contribution in [0.25, 0.3) is 5.76 Å². The highest BCUT2D eigenvalue weighted by atomic mass is 35.5. The maximum atomic E-state index is 13.8. The summed E-state index contributed by atoms with van der Waals surface area (Å²) in [5.41, 5.74) is 6.93. The quantitative estimate of drug-likeness (QED) is 0.355. The van der Waals surface area contributed by atoms with E-state index in [1.807, 2.05) is 19.1 Å². The van der Waals surface area contributed by atoms with Crippen molar-refractivity contribution >= 4 is 51.9 Å². The van der Waals surface area contributed by atoms with Crippen LogP contribution < -0.4 is 11.1 Å². The topological polar surface area (TPSA) is 128 Å². The second kappa shape index (κ2) is 8.44. The molecule has 4 rings (SSSR count). The zero-order valence-electron chi connectivity index (χ0n) is 18.1. The first kappa shape index (κ1) is 24.1. The molecule has 0 aromatic heterocycles. The minimum absolute atomic E-state index is 0. The number of Topliss-reactive ketones (excluding diaryl/α,β-unsaturated/α-hetero) is 1. The van der Waals surface area contributed by atoms with Gasteiger partial charge in [0.2, 0.25) is 0 Å². The molecule has 7 nitrogen and oxygen atoms in total. The van der Waals surface area contributed by atoms with Gasteiger partial charge in [-0.15, -0.1) is 16.8 Å². The van der Waals surface area contributed by atoms with Gasteiger partial charge in [0.15, 0.2) is 11.6 Å². The van der Waals surface area contributed by atoms with Crippen molar-refractivity contribution in [1.29, 1.82) is 0 Å². The number of rotatable bonds is 4.